The SMILES string of the molecule is CN=C(NCC1CCN(S(C)(=O)=O)C1)N(C)CCC1CCOCC1.I. The molecule has 0 radical (unpaired) electrons. The Balaban J connectivity index is 0.00000312. The zero-order valence-corrected chi connectivity index (χ0v) is 18.8. The van der Waals surface area contributed by atoms with E-state index in [-0.39, 0.29) is 24.0 Å². The summed E-state index contributed by atoms with van der Waals surface area (Å²) in [6.45, 7) is 4.75. The molecule has 148 valence electrons. The molecular formula is C16H33IN4O3S. The van der Waals surface area contributed by atoms with Crippen LogP contribution in [-0.2, 0) is 14.8 Å². The zero-order chi connectivity index (χ0) is 17.6. The smallest absolute Gasteiger partial charge is 0.211 e. The number of rotatable bonds is 6. The number of guanidine groups is 1. The van der Waals surface area contributed by atoms with E-state index in [0.717, 1.165) is 63.9 Å². The molecule has 9 heteroatoms. The summed E-state index contributed by atoms with van der Waals surface area (Å²) in [5.74, 6) is 1.98. The molecule has 25 heavy (non-hydrogen) atoms. The second-order valence-corrected chi connectivity index (χ2v) is 8.95. The highest BCUT2D eigenvalue weighted by Crippen LogP contribution is 2.19. The molecule has 2 heterocycles. The first-order chi connectivity index (χ1) is 11.4. The number of aliphatic imine (C=N–C) groups is 1. The molecule has 7 nitrogen and oxygen atoms in total. The first-order valence-corrected chi connectivity index (χ1v) is 10.7. The third kappa shape index (κ3) is 7.56. The Labute approximate surface area is 169 Å². The topological polar surface area (TPSA) is 74.2 Å². The Morgan fingerprint density at radius 1 is 1.28 bits per heavy atom. The van der Waals surface area contributed by atoms with Crippen molar-refractivity contribution < 1.29 is 13.2 Å². The summed E-state index contributed by atoms with van der Waals surface area (Å²) in [4.78, 5) is 6.52. The van der Waals surface area contributed by atoms with Crippen molar-refractivity contribution in [2.75, 3.05) is 59.7 Å². The van der Waals surface area contributed by atoms with Gasteiger partial charge in [-0.1, -0.05) is 0 Å². The minimum atomic E-state index is -3.06. The summed E-state index contributed by atoms with van der Waals surface area (Å²) in [5.41, 5.74) is 0. The maximum Gasteiger partial charge on any atom is 0.211 e. The average molecular weight is 488 g/mol. The lowest BCUT2D eigenvalue weighted by molar-refractivity contribution is 0.0625. The molecule has 0 aliphatic carbocycles. The highest BCUT2D eigenvalue weighted by molar-refractivity contribution is 14.0. The molecule has 0 aromatic carbocycles. The van der Waals surface area contributed by atoms with Crippen molar-refractivity contribution in [1.29, 1.82) is 0 Å². The van der Waals surface area contributed by atoms with Gasteiger partial charge in [0, 0.05) is 53.5 Å². The van der Waals surface area contributed by atoms with Crippen LogP contribution in [0, 0.1) is 11.8 Å². The van der Waals surface area contributed by atoms with Crippen LogP contribution in [0.3, 0.4) is 0 Å². The first-order valence-electron chi connectivity index (χ1n) is 8.84. The summed E-state index contributed by atoms with van der Waals surface area (Å²) in [6.07, 6.45) is 5.66. The Morgan fingerprint density at radius 3 is 2.52 bits per heavy atom. The van der Waals surface area contributed by atoms with Crippen LogP contribution in [0.4, 0.5) is 0 Å². The van der Waals surface area contributed by atoms with E-state index in [9.17, 15) is 8.42 Å². The van der Waals surface area contributed by atoms with E-state index in [0.29, 0.717) is 19.0 Å². The van der Waals surface area contributed by atoms with Crippen molar-refractivity contribution in [2.24, 2.45) is 16.8 Å². The van der Waals surface area contributed by atoms with Crippen LogP contribution in [0.1, 0.15) is 25.7 Å². The van der Waals surface area contributed by atoms with Gasteiger partial charge in [0.1, 0.15) is 0 Å². The fourth-order valence-electron chi connectivity index (χ4n) is 3.40. The van der Waals surface area contributed by atoms with Gasteiger partial charge in [0.2, 0.25) is 10.0 Å². The van der Waals surface area contributed by atoms with Gasteiger partial charge < -0.3 is 15.0 Å². The summed E-state index contributed by atoms with van der Waals surface area (Å²) >= 11 is 0. The van der Waals surface area contributed by atoms with Gasteiger partial charge in [-0.2, -0.15) is 0 Å². The van der Waals surface area contributed by atoms with E-state index in [1.54, 1.807) is 11.4 Å². The summed E-state index contributed by atoms with van der Waals surface area (Å²) in [7, 11) is 0.796. The number of halogens is 1. The number of nitrogens with one attached hydrogen (secondary N) is 1. The van der Waals surface area contributed by atoms with Crippen LogP contribution in [0.25, 0.3) is 0 Å². The van der Waals surface area contributed by atoms with Crippen molar-refractivity contribution in [3.8, 4) is 0 Å². The van der Waals surface area contributed by atoms with Crippen LogP contribution in [0.15, 0.2) is 4.99 Å². The van der Waals surface area contributed by atoms with Gasteiger partial charge in [-0.3, -0.25) is 4.99 Å². The predicted molar refractivity (Wildman–Crippen MR) is 112 cm³/mol. The lowest BCUT2D eigenvalue weighted by atomic mass is 9.96. The summed E-state index contributed by atoms with van der Waals surface area (Å²) in [6, 6.07) is 0. The van der Waals surface area contributed by atoms with Crippen LogP contribution in [-0.4, -0.2) is 83.3 Å². The van der Waals surface area contributed by atoms with E-state index in [4.69, 9.17) is 4.74 Å². The molecule has 0 spiro atoms. The monoisotopic (exact) mass is 488 g/mol. The van der Waals surface area contributed by atoms with Gasteiger partial charge in [0.25, 0.3) is 0 Å². The molecule has 0 aromatic rings. The molecule has 1 unspecified atom stereocenters. The highest BCUT2D eigenvalue weighted by atomic mass is 127. The second kappa shape index (κ2) is 10.9. The molecule has 2 aliphatic rings. The third-order valence-electron chi connectivity index (χ3n) is 5.05. The van der Waals surface area contributed by atoms with Crippen LogP contribution < -0.4 is 5.32 Å². The minimum Gasteiger partial charge on any atom is -0.381 e. The minimum absolute atomic E-state index is 0. The van der Waals surface area contributed by atoms with Gasteiger partial charge >= 0.3 is 0 Å². The van der Waals surface area contributed by atoms with E-state index >= 15 is 0 Å². The number of sulfonamides is 1. The largest absolute Gasteiger partial charge is 0.381 e. The molecule has 1 N–H and O–H groups in total. The molecule has 0 saturated carbocycles. The normalized spacial score (nSPS) is 23.3. The van der Waals surface area contributed by atoms with Crippen LogP contribution >= 0.6 is 24.0 Å². The van der Waals surface area contributed by atoms with Gasteiger partial charge in [0.15, 0.2) is 5.96 Å². The molecule has 0 aromatic heterocycles. The predicted octanol–water partition coefficient (Wildman–Crippen LogP) is 1.21. The molecule has 2 rings (SSSR count). The van der Waals surface area contributed by atoms with Crippen molar-refractivity contribution in [3.05, 3.63) is 0 Å². The van der Waals surface area contributed by atoms with Gasteiger partial charge in [-0.25, -0.2) is 12.7 Å². The quantitative estimate of drug-likeness (QED) is 0.346. The van der Waals surface area contributed by atoms with Crippen LogP contribution in [0.5, 0.6) is 0 Å². The number of nitrogens with zero attached hydrogens (tertiary/aromatic N) is 3. The molecule has 2 fully saturated rings. The van der Waals surface area contributed by atoms with E-state index in [1.807, 2.05) is 0 Å². The highest BCUT2D eigenvalue weighted by Gasteiger charge is 2.28. The molecule has 0 bridgehead atoms. The summed E-state index contributed by atoms with van der Waals surface area (Å²) < 4.78 is 30.1. The van der Waals surface area contributed by atoms with Crippen molar-refractivity contribution in [2.45, 2.75) is 25.7 Å². The second-order valence-electron chi connectivity index (χ2n) is 6.97. The third-order valence-corrected chi connectivity index (χ3v) is 6.32. The standard InChI is InChI=1S/C16H32N4O3S.HI/c1-17-16(19(2)8-4-14-6-10-23-11-7-14)18-12-15-5-9-20(13-15)24(3,21)22;/h14-15H,4-13H2,1-3H3,(H,17,18);1H. The first kappa shape index (κ1) is 22.9. The fraction of sp³-hybridized carbons (Fsp3) is 0.938. The molecule has 1 atom stereocenters. The Kier molecular flexibility index (Phi) is 9.97. The van der Waals surface area contributed by atoms with Crippen molar-refractivity contribution >= 4 is 40.0 Å². The molecule has 0 amide bonds. The van der Waals surface area contributed by atoms with Crippen LogP contribution in [0.2, 0.25) is 0 Å². The Bertz CT molecular complexity index is 523. The van der Waals surface area contributed by atoms with E-state index in [1.165, 1.54) is 6.26 Å². The van der Waals surface area contributed by atoms with Gasteiger partial charge in [-0.05, 0) is 37.5 Å². The maximum atomic E-state index is 11.6. The van der Waals surface area contributed by atoms with E-state index in [2.05, 4.69) is 22.3 Å². The number of hydrogen-bond donors (Lipinski definition) is 1. The average Bonchev–Trinajstić information content (AvgIpc) is 3.04. The zero-order valence-electron chi connectivity index (χ0n) is 15.6. The number of hydrogen-bond acceptors (Lipinski definition) is 4. The molecule has 2 aliphatic heterocycles. The van der Waals surface area contributed by atoms with Crippen molar-refractivity contribution in [3.63, 3.8) is 0 Å². The maximum absolute atomic E-state index is 11.6. The lowest BCUT2D eigenvalue weighted by Crippen LogP contribution is -2.42. The lowest BCUT2D eigenvalue weighted by Gasteiger charge is -2.27. The molecule has 2 saturated heterocycles. The summed E-state index contributed by atoms with van der Waals surface area (Å²) in [5, 5.41) is 3.40. The van der Waals surface area contributed by atoms with Gasteiger partial charge in [-0.15, -0.1) is 24.0 Å². The van der Waals surface area contributed by atoms with Crippen molar-refractivity contribution in [1.82, 2.24) is 14.5 Å². The Hall–Kier alpha value is -0.130. The Morgan fingerprint density at radius 2 is 1.96 bits per heavy atom. The van der Waals surface area contributed by atoms with E-state index < -0.39 is 10.0 Å². The number of ether oxygens (including phenoxy) is 1. The molecular weight excluding hydrogens is 455 g/mol. The van der Waals surface area contributed by atoms with Gasteiger partial charge in [0.05, 0.1) is 6.26 Å². The fourth-order valence-corrected chi connectivity index (χ4v) is 4.32.